The summed E-state index contributed by atoms with van der Waals surface area (Å²) in [5.74, 6) is -0.0698. The van der Waals surface area contributed by atoms with Crippen LogP contribution in [0.1, 0.15) is 12.8 Å². The maximum atomic E-state index is 12.9. The Morgan fingerprint density at radius 1 is 1.08 bits per heavy atom. The maximum Gasteiger partial charge on any atom is 0.243 e. The molecule has 1 aromatic rings. The number of piperazine rings is 1. The van der Waals surface area contributed by atoms with E-state index in [2.05, 4.69) is 4.90 Å². The number of benzene rings is 1. The highest BCUT2D eigenvalue weighted by Crippen LogP contribution is 2.28. The van der Waals surface area contributed by atoms with Crippen LogP contribution in [0, 0.1) is 0 Å². The molecule has 0 aliphatic carbocycles. The normalized spacial score (nSPS) is 23.5. The zero-order chi connectivity index (χ0) is 17.3. The van der Waals surface area contributed by atoms with Gasteiger partial charge in [-0.2, -0.15) is 4.31 Å². The molecule has 1 aromatic carbocycles. The summed E-state index contributed by atoms with van der Waals surface area (Å²) in [6.45, 7) is 3.34. The van der Waals surface area contributed by atoms with Crippen molar-refractivity contribution < 1.29 is 13.2 Å². The number of sulfonamides is 1. The first-order chi connectivity index (χ1) is 11.4. The highest BCUT2D eigenvalue weighted by Gasteiger charge is 2.41. The molecule has 3 rings (SSSR count). The predicted molar refractivity (Wildman–Crippen MR) is 91.8 cm³/mol. The van der Waals surface area contributed by atoms with Crippen LogP contribution in [-0.2, 0) is 14.8 Å². The fraction of sp³-hybridized carbons (Fsp3) is 0.562. The summed E-state index contributed by atoms with van der Waals surface area (Å²) in [7, 11) is -1.66. The molecule has 2 aliphatic heterocycles. The molecule has 24 heavy (non-hydrogen) atoms. The lowest BCUT2D eigenvalue weighted by molar-refractivity contribution is -0.136. The van der Waals surface area contributed by atoms with Gasteiger partial charge in [-0.05, 0) is 44.2 Å². The van der Waals surface area contributed by atoms with E-state index in [1.54, 1.807) is 17.0 Å². The van der Waals surface area contributed by atoms with Crippen LogP contribution in [0.3, 0.4) is 0 Å². The average molecular weight is 352 g/mol. The standard InChI is InChI=1S/C16H24N4O3S/c1-18-9-11-19(12-10-18)16(21)15-3-2-8-20(15)24(22,23)14-6-4-13(17)5-7-14/h4-7,15H,2-3,8-12,17H2,1H3. The van der Waals surface area contributed by atoms with E-state index in [1.165, 1.54) is 16.4 Å². The minimum Gasteiger partial charge on any atom is -0.399 e. The third kappa shape index (κ3) is 3.26. The van der Waals surface area contributed by atoms with Crippen molar-refractivity contribution in [3.8, 4) is 0 Å². The molecule has 0 saturated carbocycles. The summed E-state index contributed by atoms with van der Waals surface area (Å²) in [5.41, 5.74) is 6.15. The quantitative estimate of drug-likeness (QED) is 0.785. The number of carbonyl (C=O) groups excluding carboxylic acids is 1. The molecule has 1 unspecified atom stereocenters. The van der Waals surface area contributed by atoms with Gasteiger partial charge in [0.2, 0.25) is 15.9 Å². The van der Waals surface area contributed by atoms with Crippen molar-refractivity contribution in [2.24, 2.45) is 0 Å². The van der Waals surface area contributed by atoms with Crippen molar-refractivity contribution in [1.82, 2.24) is 14.1 Å². The smallest absolute Gasteiger partial charge is 0.243 e. The lowest BCUT2D eigenvalue weighted by Crippen LogP contribution is -2.53. The van der Waals surface area contributed by atoms with Crippen LogP contribution in [0.4, 0.5) is 5.69 Å². The fourth-order valence-electron chi connectivity index (χ4n) is 3.29. The Morgan fingerprint density at radius 3 is 2.33 bits per heavy atom. The van der Waals surface area contributed by atoms with E-state index in [0.717, 1.165) is 13.1 Å². The van der Waals surface area contributed by atoms with Gasteiger partial charge in [0.1, 0.15) is 6.04 Å². The minimum atomic E-state index is -3.68. The summed E-state index contributed by atoms with van der Waals surface area (Å²) in [6.07, 6.45) is 1.29. The number of anilines is 1. The van der Waals surface area contributed by atoms with Gasteiger partial charge in [0.05, 0.1) is 4.90 Å². The second-order valence-electron chi connectivity index (χ2n) is 6.47. The Morgan fingerprint density at radius 2 is 1.71 bits per heavy atom. The van der Waals surface area contributed by atoms with E-state index in [0.29, 0.717) is 38.2 Å². The molecule has 8 heteroatoms. The monoisotopic (exact) mass is 352 g/mol. The van der Waals surface area contributed by atoms with Crippen LogP contribution in [-0.4, -0.2) is 74.2 Å². The highest BCUT2D eigenvalue weighted by molar-refractivity contribution is 7.89. The Bertz CT molecular complexity index is 697. The van der Waals surface area contributed by atoms with Gasteiger partial charge in [-0.25, -0.2) is 8.42 Å². The fourth-order valence-corrected chi connectivity index (χ4v) is 4.94. The molecule has 1 atom stereocenters. The van der Waals surface area contributed by atoms with Gasteiger partial charge in [-0.15, -0.1) is 0 Å². The molecule has 0 radical (unpaired) electrons. The van der Waals surface area contributed by atoms with Gasteiger partial charge in [0.15, 0.2) is 0 Å². The molecule has 0 bridgehead atoms. The molecule has 2 fully saturated rings. The van der Waals surface area contributed by atoms with E-state index in [9.17, 15) is 13.2 Å². The molecule has 0 spiro atoms. The zero-order valence-electron chi connectivity index (χ0n) is 13.9. The van der Waals surface area contributed by atoms with Crippen molar-refractivity contribution >= 4 is 21.6 Å². The predicted octanol–water partition coefficient (Wildman–Crippen LogP) is 0.196. The second kappa shape index (κ2) is 6.70. The SMILES string of the molecule is CN1CCN(C(=O)C2CCCN2S(=O)(=O)c2ccc(N)cc2)CC1. The van der Waals surface area contributed by atoms with E-state index in [1.807, 2.05) is 7.05 Å². The van der Waals surface area contributed by atoms with Gasteiger partial charge in [0.25, 0.3) is 0 Å². The first-order valence-corrected chi connectivity index (χ1v) is 9.68. The van der Waals surface area contributed by atoms with Crippen molar-refractivity contribution in [2.75, 3.05) is 45.5 Å². The van der Waals surface area contributed by atoms with E-state index < -0.39 is 16.1 Å². The molecule has 2 heterocycles. The van der Waals surface area contributed by atoms with Crippen LogP contribution in [0.15, 0.2) is 29.2 Å². The van der Waals surface area contributed by atoms with Crippen LogP contribution < -0.4 is 5.73 Å². The molecular weight excluding hydrogens is 328 g/mol. The molecule has 1 amide bonds. The molecule has 2 aliphatic rings. The lowest BCUT2D eigenvalue weighted by Gasteiger charge is -2.35. The second-order valence-corrected chi connectivity index (χ2v) is 8.36. The number of nitrogens with zero attached hydrogens (tertiary/aromatic N) is 3. The van der Waals surface area contributed by atoms with E-state index in [4.69, 9.17) is 5.73 Å². The summed E-state index contributed by atoms with van der Waals surface area (Å²) >= 11 is 0. The number of likely N-dealkylation sites (N-methyl/N-ethyl adjacent to an activating group) is 1. The van der Waals surface area contributed by atoms with Gasteiger partial charge in [0, 0.05) is 38.4 Å². The average Bonchev–Trinajstić information content (AvgIpc) is 3.06. The Hall–Kier alpha value is -1.64. The third-order valence-corrected chi connectivity index (χ3v) is 6.71. The summed E-state index contributed by atoms with van der Waals surface area (Å²) in [5, 5.41) is 0. The van der Waals surface area contributed by atoms with Crippen molar-refractivity contribution in [3.05, 3.63) is 24.3 Å². The number of hydrogen-bond donors (Lipinski definition) is 1. The molecule has 2 saturated heterocycles. The molecule has 132 valence electrons. The van der Waals surface area contributed by atoms with E-state index >= 15 is 0 Å². The molecular formula is C16H24N4O3S. The van der Waals surface area contributed by atoms with Crippen LogP contribution in [0.5, 0.6) is 0 Å². The summed E-state index contributed by atoms with van der Waals surface area (Å²) < 4.78 is 27.2. The van der Waals surface area contributed by atoms with E-state index in [-0.39, 0.29) is 10.8 Å². The van der Waals surface area contributed by atoms with Gasteiger partial charge >= 0.3 is 0 Å². The molecule has 0 aromatic heterocycles. The number of nitrogens with two attached hydrogens (primary N) is 1. The Kier molecular flexibility index (Phi) is 4.80. The topological polar surface area (TPSA) is 87.0 Å². The number of hydrogen-bond acceptors (Lipinski definition) is 5. The number of nitrogen functional groups attached to an aromatic ring is 1. The van der Waals surface area contributed by atoms with Gasteiger partial charge in [-0.3, -0.25) is 4.79 Å². The van der Waals surface area contributed by atoms with Crippen molar-refractivity contribution in [1.29, 1.82) is 0 Å². The summed E-state index contributed by atoms with van der Waals surface area (Å²) in [6, 6.07) is 5.55. The summed E-state index contributed by atoms with van der Waals surface area (Å²) in [4.78, 5) is 17.0. The molecule has 2 N–H and O–H groups in total. The highest BCUT2D eigenvalue weighted by atomic mass is 32.2. The van der Waals surface area contributed by atoms with Crippen LogP contribution >= 0.6 is 0 Å². The maximum absolute atomic E-state index is 12.9. The Balaban J connectivity index is 1.79. The first kappa shape index (κ1) is 17.2. The number of carbonyl (C=O) groups is 1. The van der Waals surface area contributed by atoms with Crippen LogP contribution in [0.25, 0.3) is 0 Å². The minimum absolute atomic E-state index is 0.0698. The number of rotatable bonds is 3. The zero-order valence-corrected chi connectivity index (χ0v) is 14.7. The van der Waals surface area contributed by atoms with Gasteiger partial charge in [-0.1, -0.05) is 0 Å². The van der Waals surface area contributed by atoms with Crippen molar-refractivity contribution in [3.63, 3.8) is 0 Å². The third-order valence-electron chi connectivity index (χ3n) is 4.79. The van der Waals surface area contributed by atoms with Crippen LogP contribution in [0.2, 0.25) is 0 Å². The van der Waals surface area contributed by atoms with Gasteiger partial charge < -0.3 is 15.5 Å². The van der Waals surface area contributed by atoms with Crippen molar-refractivity contribution in [2.45, 2.75) is 23.8 Å². The largest absolute Gasteiger partial charge is 0.399 e. The molecule has 7 nitrogen and oxygen atoms in total. The number of amides is 1. The Labute approximate surface area is 143 Å². The lowest BCUT2D eigenvalue weighted by atomic mass is 10.2. The first-order valence-electron chi connectivity index (χ1n) is 8.24.